The Labute approximate surface area is 110 Å². The molecule has 1 aromatic rings. The highest BCUT2D eigenvalue weighted by atomic mass is 35.5. The number of aromatic nitrogens is 1. The highest BCUT2D eigenvalue weighted by molar-refractivity contribution is 7.12. The van der Waals surface area contributed by atoms with E-state index in [-0.39, 0.29) is 0 Å². The molecule has 0 unspecified atom stereocenters. The smallest absolute Gasteiger partial charge is 0.0912 e. The minimum Gasteiger partial charge on any atom is -0.244 e. The predicted molar refractivity (Wildman–Crippen MR) is 77.9 cm³/mol. The van der Waals surface area contributed by atoms with Crippen LogP contribution in [0.5, 0.6) is 0 Å². The minimum absolute atomic E-state index is 0.470. The standard InChI is InChI=1S/C12H14ClN3S/c1-5-10(16-15-6-2)8(3)11-12(9(4)13)17-7-14-11/h6-7H,3-5H2,1-2H3/b15-6-,16-10+. The number of allylic oxidation sites excluding steroid dienone is 1. The first-order valence-corrected chi connectivity index (χ1v) is 6.40. The minimum atomic E-state index is 0.470. The van der Waals surface area contributed by atoms with Gasteiger partial charge in [0.2, 0.25) is 0 Å². The van der Waals surface area contributed by atoms with Gasteiger partial charge in [-0.2, -0.15) is 10.2 Å². The molecule has 0 aliphatic rings. The quantitative estimate of drug-likeness (QED) is 0.581. The van der Waals surface area contributed by atoms with Gasteiger partial charge in [0.15, 0.2) is 0 Å². The third kappa shape index (κ3) is 3.35. The average Bonchev–Trinajstić information content (AvgIpc) is 2.78. The SMILES string of the molecule is C=C(/C(CC)=N/N=C\C)c1ncsc1C(=C)Cl. The first-order chi connectivity index (χ1) is 8.11. The topological polar surface area (TPSA) is 37.6 Å². The van der Waals surface area contributed by atoms with E-state index in [0.29, 0.717) is 5.03 Å². The van der Waals surface area contributed by atoms with Gasteiger partial charge in [-0.05, 0) is 13.3 Å². The second-order valence-corrected chi connectivity index (χ2v) is 4.50. The molecule has 3 nitrogen and oxygen atoms in total. The fraction of sp³-hybridized carbons (Fsp3) is 0.250. The monoisotopic (exact) mass is 267 g/mol. The molecule has 0 spiro atoms. The Hall–Kier alpha value is -1.26. The molecule has 5 heteroatoms. The summed E-state index contributed by atoms with van der Waals surface area (Å²) in [5, 5.41) is 8.44. The van der Waals surface area contributed by atoms with E-state index in [9.17, 15) is 0 Å². The molecule has 1 heterocycles. The third-order valence-electron chi connectivity index (χ3n) is 2.08. The first-order valence-electron chi connectivity index (χ1n) is 5.14. The van der Waals surface area contributed by atoms with E-state index < -0.39 is 0 Å². The Balaban J connectivity index is 3.11. The van der Waals surface area contributed by atoms with Crippen molar-refractivity contribution in [1.29, 1.82) is 0 Å². The number of halogens is 1. The molecule has 0 fully saturated rings. The molecule has 0 aliphatic heterocycles. The zero-order valence-electron chi connectivity index (χ0n) is 9.90. The van der Waals surface area contributed by atoms with Gasteiger partial charge in [-0.3, -0.25) is 0 Å². The van der Waals surface area contributed by atoms with Crippen LogP contribution in [0.1, 0.15) is 30.8 Å². The molecule has 0 saturated carbocycles. The van der Waals surface area contributed by atoms with Gasteiger partial charge >= 0.3 is 0 Å². The van der Waals surface area contributed by atoms with E-state index in [1.165, 1.54) is 11.3 Å². The molecule has 0 aliphatic carbocycles. The normalized spacial score (nSPS) is 12.1. The molecule has 17 heavy (non-hydrogen) atoms. The maximum atomic E-state index is 5.91. The van der Waals surface area contributed by atoms with Crippen molar-refractivity contribution in [1.82, 2.24) is 4.98 Å². The van der Waals surface area contributed by atoms with Crippen LogP contribution in [0.4, 0.5) is 0 Å². The second-order valence-electron chi connectivity index (χ2n) is 3.19. The Kier molecular flexibility index (Phi) is 5.25. The van der Waals surface area contributed by atoms with E-state index in [4.69, 9.17) is 11.6 Å². The van der Waals surface area contributed by atoms with Gasteiger partial charge in [-0.15, -0.1) is 11.3 Å². The van der Waals surface area contributed by atoms with Crippen molar-refractivity contribution in [3.63, 3.8) is 0 Å². The highest BCUT2D eigenvalue weighted by Gasteiger charge is 2.14. The highest BCUT2D eigenvalue weighted by Crippen LogP contribution is 2.30. The van der Waals surface area contributed by atoms with E-state index >= 15 is 0 Å². The summed E-state index contributed by atoms with van der Waals surface area (Å²) in [6.45, 7) is 11.5. The predicted octanol–water partition coefficient (Wildman–Crippen LogP) is 4.22. The van der Waals surface area contributed by atoms with E-state index in [0.717, 1.165) is 28.3 Å². The summed E-state index contributed by atoms with van der Waals surface area (Å²) in [6, 6.07) is 0. The molecule has 0 atom stereocenters. The molecule has 0 radical (unpaired) electrons. The third-order valence-corrected chi connectivity index (χ3v) is 3.26. The Bertz CT molecular complexity index is 486. The van der Waals surface area contributed by atoms with E-state index in [1.807, 2.05) is 13.8 Å². The zero-order chi connectivity index (χ0) is 12.8. The van der Waals surface area contributed by atoms with Crippen molar-refractivity contribution in [3.8, 4) is 0 Å². The molecule has 0 amide bonds. The van der Waals surface area contributed by atoms with Crippen LogP contribution >= 0.6 is 22.9 Å². The van der Waals surface area contributed by atoms with E-state index in [1.54, 1.807) is 11.7 Å². The summed E-state index contributed by atoms with van der Waals surface area (Å²) in [7, 11) is 0. The first kappa shape index (κ1) is 13.8. The van der Waals surface area contributed by atoms with Gasteiger partial charge in [0.1, 0.15) is 0 Å². The molecule has 0 N–H and O–H groups in total. The van der Waals surface area contributed by atoms with Crippen molar-refractivity contribution < 1.29 is 0 Å². The fourth-order valence-corrected chi connectivity index (χ4v) is 2.16. The average molecular weight is 268 g/mol. The maximum absolute atomic E-state index is 5.91. The Morgan fingerprint density at radius 1 is 1.59 bits per heavy atom. The molecule has 0 saturated heterocycles. The van der Waals surface area contributed by atoms with E-state index in [2.05, 4.69) is 28.3 Å². The van der Waals surface area contributed by atoms with Crippen LogP contribution in [0.15, 0.2) is 28.9 Å². The lowest BCUT2D eigenvalue weighted by Crippen LogP contribution is -2.01. The molecule has 90 valence electrons. The Morgan fingerprint density at radius 2 is 2.29 bits per heavy atom. The molecule has 1 rings (SSSR count). The molecular formula is C12H14ClN3S. The zero-order valence-corrected chi connectivity index (χ0v) is 11.5. The number of hydrogen-bond acceptors (Lipinski definition) is 4. The van der Waals surface area contributed by atoms with Crippen LogP contribution < -0.4 is 0 Å². The van der Waals surface area contributed by atoms with Crippen molar-refractivity contribution in [2.45, 2.75) is 20.3 Å². The fourth-order valence-electron chi connectivity index (χ4n) is 1.26. The van der Waals surface area contributed by atoms with Crippen molar-refractivity contribution in [3.05, 3.63) is 29.2 Å². The van der Waals surface area contributed by atoms with Gasteiger partial charge in [0, 0.05) is 11.8 Å². The maximum Gasteiger partial charge on any atom is 0.0912 e. The molecule has 1 aromatic heterocycles. The molecule has 0 bridgehead atoms. The van der Waals surface area contributed by atoms with Crippen LogP contribution in [-0.2, 0) is 0 Å². The summed E-state index contributed by atoms with van der Waals surface area (Å²) in [5.41, 5.74) is 4.01. The van der Waals surface area contributed by atoms with Crippen molar-refractivity contribution in [2.75, 3.05) is 0 Å². The van der Waals surface area contributed by atoms with Gasteiger partial charge in [0.05, 0.1) is 26.8 Å². The largest absolute Gasteiger partial charge is 0.244 e. The lowest BCUT2D eigenvalue weighted by atomic mass is 10.1. The van der Waals surface area contributed by atoms with Crippen molar-refractivity contribution in [2.24, 2.45) is 10.2 Å². The summed E-state index contributed by atoms with van der Waals surface area (Å²) in [4.78, 5) is 5.09. The van der Waals surface area contributed by atoms with Gasteiger partial charge in [-0.1, -0.05) is 31.7 Å². The second kappa shape index (κ2) is 6.47. The Morgan fingerprint density at radius 3 is 2.82 bits per heavy atom. The lowest BCUT2D eigenvalue weighted by Gasteiger charge is -2.05. The van der Waals surface area contributed by atoms with Gasteiger partial charge in [0.25, 0.3) is 0 Å². The van der Waals surface area contributed by atoms with Crippen LogP contribution in [0.2, 0.25) is 0 Å². The number of rotatable bonds is 5. The van der Waals surface area contributed by atoms with Crippen LogP contribution in [0.3, 0.4) is 0 Å². The number of nitrogens with zero attached hydrogens (tertiary/aromatic N) is 3. The summed E-state index contributed by atoms with van der Waals surface area (Å²) in [6.07, 6.45) is 2.37. The number of thiazole rings is 1. The van der Waals surface area contributed by atoms with Gasteiger partial charge in [-0.25, -0.2) is 4.98 Å². The van der Waals surface area contributed by atoms with Crippen LogP contribution in [-0.4, -0.2) is 16.9 Å². The summed E-state index contributed by atoms with van der Waals surface area (Å²) >= 11 is 7.35. The van der Waals surface area contributed by atoms with Crippen LogP contribution in [0.25, 0.3) is 10.6 Å². The lowest BCUT2D eigenvalue weighted by molar-refractivity contribution is 1.18. The molecular weight excluding hydrogens is 254 g/mol. The summed E-state index contributed by atoms with van der Waals surface area (Å²) < 4.78 is 0. The number of hydrogen-bond donors (Lipinski definition) is 0. The molecule has 0 aromatic carbocycles. The van der Waals surface area contributed by atoms with Gasteiger partial charge < -0.3 is 0 Å². The van der Waals surface area contributed by atoms with Crippen molar-refractivity contribution >= 4 is 45.5 Å². The summed E-state index contributed by atoms with van der Waals surface area (Å²) in [5.74, 6) is 0. The van der Waals surface area contributed by atoms with Crippen LogP contribution in [0, 0.1) is 0 Å².